The van der Waals surface area contributed by atoms with Gasteiger partial charge in [-0.3, -0.25) is 4.79 Å². The van der Waals surface area contributed by atoms with Crippen molar-refractivity contribution in [2.24, 2.45) is 0 Å². The van der Waals surface area contributed by atoms with Crippen LogP contribution in [0.3, 0.4) is 0 Å². The maximum absolute atomic E-state index is 12.0. The molecule has 1 aromatic carbocycles. The number of hydrogen-bond donors (Lipinski definition) is 1. The lowest BCUT2D eigenvalue weighted by Crippen LogP contribution is -2.45. The second-order valence-electron chi connectivity index (χ2n) is 4.59. The molecule has 4 nitrogen and oxygen atoms in total. The van der Waals surface area contributed by atoms with Gasteiger partial charge in [0.2, 0.25) is 0 Å². The molecule has 1 unspecified atom stereocenters. The molecule has 0 radical (unpaired) electrons. The lowest BCUT2D eigenvalue weighted by molar-refractivity contribution is -0.0175. The summed E-state index contributed by atoms with van der Waals surface area (Å²) < 4.78 is 5.57. The molecule has 0 bridgehead atoms. The quantitative estimate of drug-likeness (QED) is 0.929. The Bertz CT molecular complexity index is 468. The highest BCUT2D eigenvalue weighted by molar-refractivity contribution is 6.36. The number of hydrogen-bond acceptors (Lipinski definition) is 3. The highest BCUT2D eigenvalue weighted by Crippen LogP contribution is 2.20. The van der Waals surface area contributed by atoms with Gasteiger partial charge in [-0.1, -0.05) is 23.2 Å². The average Bonchev–Trinajstić information content (AvgIpc) is 2.36. The van der Waals surface area contributed by atoms with Crippen molar-refractivity contribution in [2.45, 2.75) is 6.10 Å². The van der Waals surface area contributed by atoms with Gasteiger partial charge in [-0.05, 0) is 25.2 Å². The van der Waals surface area contributed by atoms with Crippen LogP contribution in [0.2, 0.25) is 10.0 Å². The Morgan fingerprint density at radius 1 is 1.53 bits per heavy atom. The number of benzene rings is 1. The summed E-state index contributed by atoms with van der Waals surface area (Å²) in [5.74, 6) is -0.210. The third-order valence-corrected chi connectivity index (χ3v) is 3.56. The molecule has 6 heteroatoms. The van der Waals surface area contributed by atoms with E-state index in [1.54, 1.807) is 18.2 Å². The van der Waals surface area contributed by atoms with Crippen LogP contribution in [0.1, 0.15) is 10.4 Å². The van der Waals surface area contributed by atoms with Crippen molar-refractivity contribution in [3.8, 4) is 0 Å². The van der Waals surface area contributed by atoms with Crippen LogP contribution < -0.4 is 5.32 Å². The van der Waals surface area contributed by atoms with E-state index in [2.05, 4.69) is 10.2 Å². The second kappa shape index (κ2) is 6.57. The van der Waals surface area contributed by atoms with Gasteiger partial charge in [-0.25, -0.2) is 0 Å². The number of nitrogens with one attached hydrogen (secondary N) is 1. The van der Waals surface area contributed by atoms with Gasteiger partial charge < -0.3 is 15.0 Å². The van der Waals surface area contributed by atoms with E-state index in [9.17, 15) is 4.79 Å². The van der Waals surface area contributed by atoms with Crippen molar-refractivity contribution in [3.05, 3.63) is 33.8 Å². The fourth-order valence-electron chi connectivity index (χ4n) is 1.97. The topological polar surface area (TPSA) is 41.6 Å². The Morgan fingerprint density at radius 2 is 2.32 bits per heavy atom. The summed E-state index contributed by atoms with van der Waals surface area (Å²) in [7, 11) is 2.04. The Hall–Kier alpha value is -0.810. The molecule has 0 aromatic heterocycles. The van der Waals surface area contributed by atoms with Crippen LogP contribution >= 0.6 is 23.2 Å². The Morgan fingerprint density at radius 3 is 3.00 bits per heavy atom. The lowest BCUT2D eigenvalue weighted by Gasteiger charge is -2.30. The maximum Gasteiger partial charge on any atom is 0.252 e. The van der Waals surface area contributed by atoms with Gasteiger partial charge in [0.1, 0.15) is 0 Å². The predicted molar refractivity (Wildman–Crippen MR) is 76.0 cm³/mol. The third-order valence-electron chi connectivity index (χ3n) is 3.01. The molecule has 0 spiro atoms. The summed E-state index contributed by atoms with van der Waals surface area (Å²) in [6.07, 6.45) is 0.0220. The lowest BCUT2D eigenvalue weighted by atomic mass is 10.2. The number of nitrogens with zero attached hydrogens (tertiary/aromatic N) is 1. The average molecular weight is 303 g/mol. The standard InChI is InChI=1S/C13H16Cl2N2O2/c1-17-4-5-19-10(8-17)7-16-13(18)11-3-2-9(14)6-12(11)15/h2-3,6,10H,4-5,7-8H2,1H3,(H,16,18). The molecule has 1 aliphatic heterocycles. The van der Waals surface area contributed by atoms with Gasteiger partial charge in [0.15, 0.2) is 0 Å². The number of amides is 1. The van der Waals surface area contributed by atoms with Gasteiger partial charge >= 0.3 is 0 Å². The van der Waals surface area contributed by atoms with E-state index in [0.717, 1.165) is 13.1 Å². The first-order valence-corrected chi connectivity index (χ1v) is 6.85. The molecule has 1 N–H and O–H groups in total. The fraction of sp³-hybridized carbons (Fsp3) is 0.462. The number of rotatable bonds is 3. The number of morpholine rings is 1. The highest BCUT2D eigenvalue weighted by Gasteiger charge is 2.19. The van der Waals surface area contributed by atoms with E-state index in [-0.39, 0.29) is 12.0 Å². The van der Waals surface area contributed by atoms with E-state index in [0.29, 0.717) is 28.8 Å². The summed E-state index contributed by atoms with van der Waals surface area (Å²) in [5.41, 5.74) is 0.426. The van der Waals surface area contributed by atoms with Crippen molar-refractivity contribution in [1.29, 1.82) is 0 Å². The molecule has 0 aliphatic carbocycles. The zero-order valence-electron chi connectivity index (χ0n) is 10.7. The molecule has 1 fully saturated rings. The second-order valence-corrected chi connectivity index (χ2v) is 5.43. The van der Waals surface area contributed by atoms with Crippen molar-refractivity contribution in [1.82, 2.24) is 10.2 Å². The van der Waals surface area contributed by atoms with Gasteiger partial charge in [-0.15, -0.1) is 0 Å². The first-order valence-electron chi connectivity index (χ1n) is 6.09. The zero-order chi connectivity index (χ0) is 13.8. The number of carbonyl (C=O) groups excluding carboxylic acids is 1. The normalized spacial score (nSPS) is 20.3. The molecule has 1 saturated heterocycles. The van der Waals surface area contributed by atoms with E-state index in [4.69, 9.17) is 27.9 Å². The highest BCUT2D eigenvalue weighted by atomic mass is 35.5. The Kier molecular flexibility index (Phi) is 5.05. The van der Waals surface area contributed by atoms with Gasteiger partial charge in [-0.2, -0.15) is 0 Å². The minimum atomic E-state index is -0.210. The summed E-state index contributed by atoms with van der Waals surface area (Å²) in [5, 5.41) is 3.70. The molecular weight excluding hydrogens is 287 g/mol. The first-order chi connectivity index (χ1) is 9.06. The molecule has 0 saturated carbocycles. The Balaban J connectivity index is 1.90. The summed E-state index contributed by atoms with van der Waals surface area (Å²) >= 11 is 11.8. The number of ether oxygens (including phenoxy) is 1. The number of likely N-dealkylation sites (N-methyl/N-ethyl adjacent to an activating group) is 1. The molecule has 1 aromatic rings. The fourth-order valence-corrected chi connectivity index (χ4v) is 2.46. The van der Waals surface area contributed by atoms with Crippen LogP contribution in [0.5, 0.6) is 0 Å². The van der Waals surface area contributed by atoms with E-state index >= 15 is 0 Å². The van der Waals surface area contributed by atoms with Crippen LogP contribution in [-0.2, 0) is 4.74 Å². The summed E-state index contributed by atoms with van der Waals surface area (Å²) in [6.45, 7) is 2.91. The largest absolute Gasteiger partial charge is 0.374 e. The van der Waals surface area contributed by atoms with Crippen molar-refractivity contribution in [3.63, 3.8) is 0 Å². The molecule has 19 heavy (non-hydrogen) atoms. The molecule has 1 heterocycles. The smallest absolute Gasteiger partial charge is 0.252 e. The number of carbonyl (C=O) groups is 1. The molecule has 104 valence electrons. The minimum absolute atomic E-state index is 0.0220. The van der Waals surface area contributed by atoms with E-state index in [1.165, 1.54) is 0 Å². The molecule has 1 amide bonds. The van der Waals surface area contributed by atoms with Crippen LogP contribution in [-0.4, -0.2) is 50.2 Å². The monoisotopic (exact) mass is 302 g/mol. The van der Waals surface area contributed by atoms with E-state index < -0.39 is 0 Å². The van der Waals surface area contributed by atoms with E-state index in [1.807, 2.05) is 7.05 Å². The SMILES string of the molecule is CN1CCOC(CNC(=O)c2ccc(Cl)cc2Cl)C1. The van der Waals surface area contributed by atoms with Crippen LogP contribution in [0.4, 0.5) is 0 Å². The molecular formula is C13H16Cl2N2O2. The molecule has 1 atom stereocenters. The van der Waals surface area contributed by atoms with Crippen LogP contribution in [0, 0.1) is 0 Å². The molecule has 1 aliphatic rings. The van der Waals surface area contributed by atoms with Gasteiger partial charge in [0.25, 0.3) is 5.91 Å². The third kappa shape index (κ3) is 4.08. The van der Waals surface area contributed by atoms with Gasteiger partial charge in [0.05, 0.1) is 23.3 Å². The summed E-state index contributed by atoms with van der Waals surface area (Å²) in [4.78, 5) is 14.2. The summed E-state index contributed by atoms with van der Waals surface area (Å²) in [6, 6.07) is 4.82. The van der Waals surface area contributed by atoms with Crippen molar-refractivity contribution >= 4 is 29.1 Å². The maximum atomic E-state index is 12.0. The molecule has 2 rings (SSSR count). The van der Waals surface area contributed by atoms with Crippen LogP contribution in [0.25, 0.3) is 0 Å². The first kappa shape index (κ1) is 14.6. The zero-order valence-corrected chi connectivity index (χ0v) is 12.2. The van der Waals surface area contributed by atoms with Crippen molar-refractivity contribution < 1.29 is 9.53 Å². The number of halogens is 2. The Labute approximate surface area is 122 Å². The predicted octanol–water partition coefficient (Wildman–Crippen LogP) is 2.05. The minimum Gasteiger partial charge on any atom is -0.374 e. The van der Waals surface area contributed by atoms with Crippen molar-refractivity contribution in [2.75, 3.05) is 33.3 Å². The van der Waals surface area contributed by atoms with Crippen LogP contribution in [0.15, 0.2) is 18.2 Å². The van der Waals surface area contributed by atoms with Gasteiger partial charge in [0, 0.05) is 24.7 Å².